The third-order valence-electron chi connectivity index (χ3n) is 5.15. The molecule has 2 aliphatic carbocycles. The van der Waals surface area contributed by atoms with Crippen LogP contribution < -0.4 is 0 Å². The maximum atomic E-state index is 6.05. The van der Waals surface area contributed by atoms with Gasteiger partial charge in [0.25, 0.3) is 0 Å². The minimum absolute atomic E-state index is 0.178. The van der Waals surface area contributed by atoms with Gasteiger partial charge in [-0.15, -0.1) is 0 Å². The van der Waals surface area contributed by atoms with Crippen LogP contribution >= 0.6 is 0 Å². The summed E-state index contributed by atoms with van der Waals surface area (Å²) in [4.78, 5) is 0. The van der Waals surface area contributed by atoms with Crippen molar-refractivity contribution < 1.29 is 4.74 Å². The lowest BCUT2D eigenvalue weighted by atomic mass is 9.71. The van der Waals surface area contributed by atoms with Gasteiger partial charge in [0.15, 0.2) is 0 Å². The van der Waals surface area contributed by atoms with Gasteiger partial charge in [0.1, 0.15) is 0 Å². The van der Waals surface area contributed by atoms with Crippen molar-refractivity contribution in [2.75, 3.05) is 7.11 Å². The molecule has 0 heterocycles. The fraction of sp³-hybridized carbons (Fsp3) is 0.941. The SMILES string of the molecule is COC1([C]2CCCCCCCCC2)CCCCC1. The highest BCUT2D eigenvalue weighted by atomic mass is 16.5. The predicted molar refractivity (Wildman–Crippen MR) is 77.6 cm³/mol. The summed E-state index contributed by atoms with van der Waals surface area (Å²) >= 11 is 0. The fourth-order valence-corrected chi connectivity index (χ4v) is 3.97. The van der Waals surface area contributed by atoms with Crippen molar-refractivity contribution in [3.05, 3.63) is 5.92 Å². The van der Waals surface area contributed by atoms with Crippen molar-refractivity contribution in [2.45, 2.75) is 95.5 Å². The van der Waals surface area contributed by atoms with Crippen molar-refractivity contribution >= 4 is 0 Å². The van der Waals surface area contributed by atoms with E-state index in [9.17, 15) is 0 Å². The molecule has 105 valence electrons. The zero-order chi connectivity index (χ0) is 12.7. The molecule has 0 aromatic rings. The molecule has 0 bridgehead atoms. The Morgan fingerprint density at radius 1 is 0.667 bits per heavy atom. The second kappa shape index (κ2) is 7.53. The van der Waals surface area contributed by atoms with E-state index in [1.807, 2.05) is 7.11 Å². The topological polar surface area (TPSA) is 9.23 Å². The maximum Gasteiger partial charge on any atom is 0.0741 e. The summed E-state index contributed by atoms with van der Waals surface area (Å²) in [5.74, 6) is 1.77. The van der Waals surface area contributed by atoms with Gasteiger partial charge >= 0.3 is 0 Å². The molecular formula is C17H31O. The summed E-state index contributed by atoms with van der Waals surface area (Å²) in [6.07, 6.45) is 19.5. The first-order valence-electron chi connectivity index (χ1n) is 8.28. The van der Waals surface area contributed by atoms with Crippen LogP contribution in [0.5, 0.6) is 0 Å². The van der Waals surface area contributed by atoms with Gasteiger partial charge in [-0.2, -0.15) is 0 Å². The summed E-state index contributed by atoms with van der Waals surface area (Å²) in [6.45, 7) is 0. The smallest absolute Gasteiger partial charge is 0.0741 e. The molecular weight excluding hydrogens is 220 g/mol. The zero-order valence-corrected chi connectivity index (χ0v) is 12.3. The van der Waals surface area contributed by atoms with Crippen LogP contribution in [0.3, 0.4) is 0 Å². The fourth-order valence-electron chi connectivity index (χ4n) is 3.97. The lowest BCUT2D eigenvalue weighted by Gasteiger charge is -2.42. The monoisotopic (exact) mass is 251 g/mol. The number of hydrogen-bond donors (Lipinski definition) is 0. The largest absolute Gasteiger partial charge is 0.378 e. The van der Waals surface area contributed by atoms with E-state index < -0.39 is 0 Å². The number of methoxy groups -OCH3 is 1. The van der Waals surface area contributed by atoms with Crippen molar-refractivity contribution in [1.29, 1.82) is 0 Å². The summed E-state index contributed by atoms with van der Waals surface area (Å²) in [6, 6.07) is 0. The Labute approximate surface area is 114 Å². The highest BCUT2D eigenvalue weighted by Gasteiger charge is 2.39. The van der Waals surface area contributed by atoms with Crippen molar-refractivity contribution in [2.24, 2.45) is 0 Å². The highest BCUT2D eigenvalue weighted by molar-refractivity contribution is 5.10. The second-order valence-corrected chi connectivity index (χ2v) is 6.34. The standard InChI is InChI=1S/C17H31O/c1-18-17(14-10-7-11-15-17)16-12-8-5-3-2-4-6-9-13-16/h2-15H2,1H3. The van der Waals surface area contributed by atoms with Crippen LogP contribution in [0.25, 0.3) is 0 Å². The Morgan fingerprint density at radius 3 is 1.61 bits per heavy atom. The molecule has 0 spiro atoms. The molecule has 0 unspecified atom stereocenters. The van der Waals surface area contributed by atoms with E-state index in [2.05, 4.69) is 0 Å². The van der Waals surface area contributed by atoms with Gasteiger partial charge in [-0.3, -0.25) is 0 Å². The van der Waals surface area contributed by atoms with Crippen LogP contribution in [0.4, 0.5) is 0 Å². The van der Waals surface area contributed by atoms with Crippen LogP contribution in [0.1, 0.15) is 89.9 Å². The minimum atomic E-state index is 0.178. The van der Waals surface area contributed by atoms with Crippen LogP contribution in [0.2, 0.25) is 0 Å². The third kappa shape index (κ3) is 3.73. The molecule has 2 aliphatic rings. The molecule has 0 saturated heterocycles. The maximum absolute atomic E-state index is 6.05. The molecule has 2 fully saturated rings. The summed E-state index contributed by atoms with van der Waals surface area (Å²) in [5.41, 5.74) is 0.178. The Balaban J connectivity index is 1.96. The van der Waals surface area contributed by atoms with E-state index in [0.29, 0.717) is 0 Å². The van der Waals surface area contributed by atoms with Gasteiger partial charge in [0.2, 0.25) is 0 Å². The molecule has 0 amide bonds. The number of hydrogen-bond acceptors (Lipinski definition) is 1. The molecule has 2 saturated carbocycles. The van der Waals surface area contributed by atoms with Gasteiger partial charge in [-0.05, 0) is 25.7 Å². The first-order valence-corrected chi connectivity index (χ1v) is 8.28. The zero-order valence-electron chi connectivity index (χ0n) is 12.3. The number of ether oxygens (including phenoxy) is 1. The summed E-state index contributed by atoms with van der Waals surface area (Å²) in [5, 5.41) is 0. The summed E-state index contributed by atoms with van der Waals surface area (Å²) < 4.78 is 6.05. The Morgan fingerprint density at radius 2 is 1.11 bits per heavy atom. The molecule has 0 aliphatic heterocycles. The van der Waals surface area contributed by atoms with Crippen molar-refractivity contribution in [3.8, 4) is 0 Å². The van der Waals surface area contributed by atoms with E-state index in [1.54, 1.807) is 5.92 Å². The van der Waals surface area contributed by atoms with Gasteiger partial charge in [-0.1, -0.05) is 64.2 Å². The molecule has 2 rings (SSSR count). The Kier molecular flexibility index (Phi) is 6.01. The first-order chi connectivity index (χ1) is 8.87. The molecule has 0 aromatic heterocycles. The molecule has 0 N–H and O–H groups in total. The third-order valence-corrected chi connectivity index (χ3v) is 5.15. The summed E-state index contributed by atoms with van der Waals surface area (Å²) in [7, 11) is 1.96. The van der Waals surface area contributed by atoms with Gasteiger partial charge in [0.05, 0.1) is 5.60 Å². The van der Waals surface area contributed by atoms with Crippen LogP contribution in [0.15, 0.2) is 0 Å². The molecule has 0 atom stereocenters. The van der Waals surface area contributed by atoms with E-state index in [4.69, 9.17) is 4.74 Å². The Bertz CT molecular complexity index is 208. The van der Waals surface area contributed by atoms with E-state index in [-0.39, 0.29) is 5.60 Å². The van der Waals surface area contributed by atoms with Gasteiger partial charge in [0, 0.05) is 13.0 Å². The van der Waals surface area contributed by atoms with Gasteiger partial charge < -0.3 is 4.74 Å². The lowest BCUT2D eigenvalue weighted by Crippen LogP contribution is -2.40. The van der Waals surface area contributed by atoms with Gasteiger partial charge in [-0.25, -0.2) is 0 Å². The van der Waals surface area contributed by atoms with Crippen LogP contribution in [0, 0.1) is 5.92 Å². The molecule has 1 heteroatoms. The molecule has 1 nitrogen and oxygen atoms in total. The molecule has 18 heavy (non-hydrogen) atoms. The lowest BCUT2D eigenvalue weighted by molar-refractivity contribution is -0.0337. The van der Waals surface area contributed by atoms with E-state index >= 15 is 0 Å². The molecule has 1 radical (unpaired) electrons. The average molecular weight is 251 g/mol. The van der Waals surface area contributed by atoms with Crippen molar-refractivity contribution in [3.63, 3.8) is 0 Å². The Hall–Kier alpha value is -0.0400. The van der Waals surface area contributed by atoms with Crippen LogP contribution in [-0.4, -0.2) is 12.7 Å². The van der Waals surface area contributed by atoms with E-state index in [0.717, 1.165) is 0 Å². The van der Waals surface area contributed by atoms with Crippen LogP contribution in [-0.2, 0) is 4.74 Å². The minimum Gasteiger partial charge on any atom is -0.378 e. The highest BCUT2D eigenvalue weighted by Crippen LogP contribution is 2.43. The predicted octanol–water partition coefficient (Wildman–Crippen LogP) is 5.43. The second-order valence-electron chi connectivity index (χ2n) is 6.34. The quantitative estimate of drug-likeness (QED) is 0.635. The normalized spacial score (nSPS) is 27.8. The first kappa shape index (κ1) is 14.4. The number of rotatable bonds is 2. The van der Waals surface area contributed by atoms with E-state index in [1.165, 1.54) is 89.9 Å². The molecule has 0 aromatic carbocycles. The van der Waals surface area contributed by atoms with Crippen molar-refractivity contribution in [1.82, 2.24) is 0 Å². The average Bonchev–Trinajstić information content (AvgIpc) is 2.45.